The SMILES string of the molecule is Cc1cc(C(=O)N2CCCC2)nc(Nc2cc(Cl)ccc2C)n1. The summed E-state index contributed by atoms with van der Waals surface area (Å²) in [6.07, 6.45) is 2.12. The number of carbonyl (C=O) groups excluding carboxylic acids is 1. The fourth-order valence-electron chi connectivity index (χ4n) is 2.67. The predicted molar refractivity (Wildman–Crippen MR) is 91.4 cm³/mol. The van der Waals surface area contributed by atoms with Crippen molar-refractivity contribution in [1.29, 1.82) is 0 Å². The molecule has 6 heteroatoms. The molecule has 3 rings (SSSR count). The number of benzene rings is 1. The fraction of sp³-hybridized carbons (Fsp3) is 0.353. The summed E-state index contributed by atoms with van der Waals surface area (Å²) < 4.78 is 0. The van der Waals surface area contributed by atoms with E-state index in [2.05, 4.69) is 15.3 Å². The first kappa shape index (κ1) is 15.7. The lowest BCUT2D eigenvalue weighted by atomic mass is 10.2. The van der Waals surface area contributed by atoms with Crippen LogP contribution in [0.3, 0.4) is 0 Å². The molecular weight excluding hydrogens is 312 g/mol. The number of hydrogen-bond donors (Lipinski definition) is 1. The van der Waals surface area contributed by atoms with Crippen molar-refractivity contribution in [1.82, 2.24) is 14.9 Å². The van der Waals surface area contributed by atoms with Gasteiger partial charge in [0.25, 0.3) is 5.91 Å². The molecule has 1 amide bonds. The van der Waals surface area contributed by atoms with Crippen molar-refractivity contribution in [3.05, 3.63) is 46.2 Å². The molecular formula is C17H19ClN4O. The molecule has 1 N–H and O–H groups in total. The number of nitrogens with zero attached hydrogens (tertiary/aromatic N) is 3. The minimum atomic E-state index is -0.0288. The highest BCUT2D eigenvalue weighted by Crippen LogP contribution is 2.23. The molecule has 0 unspecified atom stereocenters. The number of rotatable bonds is 3. The second-order valence-corrected chi connectivity index (χ2v) is 6.24. The summed E-state index contributed by atoms with van der Waals surface area (Å²) in [7, 11) is 0. The molecule has 5 nitrogen and oxygen atoms in total. The summed E-state index contributed by atoms with van der Waals surface area (Å²) in [5.74, 6) is 0.386. The molecule has 120 valence electrons. The van der Waals surface area contributed by atoms with Gasteiger partial charge >= 0.3 is 0 Å². The molecule has 0 saturated carbocycles. The van der Waals surface area contributed by atoms with Crippen LogP contribution < -0.4 is 5.32 Å². The second kappa shape index (κ2) is 6.54. The molecule has 1 aromatic carbocycles. The third kappa shape index (κ3) is 3.62. The van der Waals surface area contributed by atoms with Crippen LogP contribution in [0.4, 0.5) is 11.6 Å². The van der Waals surface area contributed by atoms with Crippen molar-refractivity contribution in [3.63, 3.8) is 0 Å². The molecule has 1 aromatic heterocycles. The maximum atomic E-state index is 12.5. The summed E-state index contributed by atoms with van der Waals surface area (Å²) >= 11 is 6.04. The summed E-state index contributed by atoms with van der Waals surface area (Å²) in [5.41, 5.74) is 3.06. The van der Waals surface area contributed by atoms with Gasteiger partial charge in [0, 0.05) is 29.5 Å². The molecule has 1 aliphatic heterocycles. The third-order valence-electron chi connectivity index (χ3n) is 3.91. The van der Waals surface area contributed by atoms with Crippen molar-refractivity contribution >= 4 is 29.1 Å². The summed E-state index contributed by atoms with van der Waals surface area (Å²) in [6.45, 7) is 5.44. The number of likely N-dealkylation sites (tertiary alicyclic amines) is 1. The van der Waals surface area contributed by atoms with Crippen molar-refractivity contribution in [2.45, 2.75) is 26.7 Å². The topological polar surface area (TPSA) is 58.1 Å². The van der Waals surface area contributed by atoms with E-state index in [1.165, 1.54) is 0 Å². The van der Waals surface area contributed by atoms with Gasteiger partial charge in [-0.05, 0) is 50.5 Å². The summed E-state index contributed by atoms with van der Waals surface area (Å²) in [4.78, 5) is 23.1. The number of aryl methyl sites for hydroxylation is 2. The van der Waals surface area contributed by atoms with Gasteiger partial charge in [-0.2, -0.15) is 0 Å². The largest absolute Gasteiger partial charge is 0.337 e. The number of halogens is 1. The van der Waals surface area contributed by atoms with Gasteiger partial charge in [-0.1, -0.05) is 17.7 Å². The van der Waals surface area contributed by atoms with Crippen LogP contribution in [0, 0.1) is 13.8 Å². The van der Waals surface area contributed by atoms with Gasteiger partial charge in [-0.3, -0.25) is 4.79 Å². The van der Waals surface area contributed by atoms with E-state index in [4.69, 9.17) is 11.6 Å². The number of amides is 1. The monoisotopic (exact) mass is 330 g/mol. The van der Waals surface area contributed by atoms with Crippen LogP contribution in [0.1, 0.15) is 34.6 Å². The Balaban J connectivity index is 1.88. The minimum absolute atomic E-state index is 0.0288. The zero-order valence-electron chi connectivity index (χ0n) is 13.3. The highest BCUT2D eigenvalue weighted by molar-refractivity contribution is 6.30. The Hall–Kier alpha value is -2.14. The van der Waals surface area contributed by atoms with Gasteiger partial charge in [0.15, 0.2) is 0 Å². The molecule has 0 bridgehead atoms. The number of anilines is 2. The highest BCUT2D eigenvalue weighted by Gasteiger charge is 2.21. The Morgan fingerprint density at radius 3 is 2.65 bits per heavy atom. The Labute approximate surface area is 140 Å². The van der Waals surface area contributed by atoms with Crippen molar-refractivity contribution < 1.29 is 4.79 Å². The quantitative estimate of drug-likeness (QED) is 0.931. The van der Waals surface area contributed by atoms with E-state index in [0.29, 0.717) is 16.7 Å². The van der Waals surface area contributed by atoms with E-state index in [0.717, 1.165) is 42.9 Å². The number of nitrogens with one attached hydrogen (secondary N) is 1. The Bertz CT molecular complexity index is 741. The molecule has 1 saturated heterocycles. The first-order valence-corrected chi connectivity index (χ1v) is 8.09. The zero-order chi connectivity index (χ0) is 16.4. The van der Waals surface area contributed by atoms with Crippen LogP contribution in [-0.2, 0) is 0 Å². The first-order chi connectivity index (χ1) is 11.0. The Kier molecular flexibility index (Phi) is 4.48. The molecule has 2 heterocycles. The molecule has 0 radical (unpaired) electrons. The van der Waals surface area contributed by atoms with Crippen molar-refractivity contribution in [2.24, 2.45) is 0 Å². The lowest BCUT2D eigenvalue weighted by Crippen LogP contribution is -2.28. The van der Waals surface area contributed by atoms with E-state index in [9.17, 15) is 4.79 Å². The van der Waals surface area contributed by atoms with Crippen molar-refractivity contribution in [3.8, 4) is 0 Å². The molecule has 0 atom stereocenters. The zero-order valence-corrected chi connectivity index (χ0v) is 14.0. The highest BCUT2D eigenvalue weighted by atomic mass is 35.5. The maximum absolute atomic E-state index is 12.5. The Morgan fingerprint density at radius 2 is 1.91 bits per heavy atom. The number of hydrogen-bond acceptors (Lipinski definition) is 4. The van der Waals surface area contributed by atoms with E-state index in [-0.39, 0.29) is 5.91 Å². The lowest BCUT2D eigenvalue weighted by molar-refractivity contribution is 0.0787. The lowest BCUT2D eigenvalue weighted by Gasteiger charge is -2.16. The van der Waals surface area contributed by atoms with Gasteiger partial charge in [-0.25, -0.2) is 9.97 Å². The fourth-order valence-corrected chi connectivity index (χ4v) is 2.84. The molecule has 0 spiro atoms. The van der Waals surface area contributed by atoms with E-state index >= 15 is 0 Å². The number of aromatic nitrogens is 2. The second-order valence-electron chi connectivity index (χ2n) is 5.80. The standard InChI is InChI=1S/C17H19ClN4O/c1-11-5-6-13(18)10-14(11)20-17-19-12(2)9-15(21-17)16(23)22-7-3-4-8-22/h5-6,9-10H,3-4,7-8H2,1-2H3,(H,19,20,21). The van der Waals surface area contributed by atoms with Gasteiger partial charge in [0.2, 0.25) is 5.95 Å². The van der Waals surface area contributed by atoms with E-state index < -0.39 is 0 Å². The average molecular weight is 331 g/mol. The van der Waals surface area contributed by atoms with E-state index in [1.807, 2.05) is 36.9 Å². The summed E-state index contributed by atoms with van der Waals surface area (Å²) in [6, 6.07) is 7.32. The van der Waals surface area contributed by atoms with Crippen LogP contribution in [0.25, 0.3) is 0 Å². The predicted octanol–water partition coefficient (Wildman–Crippen LogP) is 3.73. The minimum Gasteiger partial charge on any atom is -0.337 e. The molecule has 2 aromatic rings. The van der Waals surface area contributed by atoms with Crippen molar-refractivity contribution in [2.75, 3.05) is 18.4 Å². The van der Waals surface area contributed by atoms with Crippen LogP contribution in [0.15, 0.2) is 24.3 Å². The molecule has 1 aliphatic rings. The normalized spacial score (nSPS) is 14.1. The smallest absolute Gasteiger partial charge is 0.272 e. The van der Waals surface area contributed by atoms with Gasteiger partial charge in [0.05, 0.1) is 0 Å². The summed E-state index contributed by atoms with van der Waals surface area (Å²) in [5, 5.41) is 3.80. The van der Waals surface area contributed by atoms with Crippen LogP contribution in [-0.4, -0.2) is 33.9 Å². The van der Waals surface area contributed by atoms with Gasteiger partial charge in [-0.15, -0.1) is 0 Å². The molecule has 0 aliphatic carbocycles. The molecule has 23 heavy (non-hydrogen) atoms. The maximum Gasteiger partial charge on any atom is 0.272 e. The van der Waals surface area contributed by atoms with Gasteiger partial charge < -0.3 is 10.2 Å². The van der Waals surface area contributed by atoms with Crippen LogP contribution in [0.2, 0.25) is 5.02 Å². The van der Waals surface area contributed by atoms with Gasteiger partial charge in [0.1, 0.15) is 5.69 Å². The van der Waals surface area contributed by atoms with E-state index in [1.54, 1.807) is 6.07 Å². The first-order valence-electron chi connectivity index (χ1n) is 7.71. The third-order valence-corrected chi connectivity index (χ3v) is 4.15. The Morgan fingerprint density at radius 1 is 1.17 bits per heavy atom. The average Bonchev–Trinajstić information content (AvgIpc) is 3.04. The van der Waals surface area contributed by atoms with Crippen LogP contribution in [0.5, 0.6) is 0 Å². The number of carbonyl (C=O) groups is 1. The van der Waals surface area contributed by atoms with Crippen LogP contribution >= 0.6 is 11.6 Å². The molecule has 1 fully saturated rings.